The van der Waals surface area contributed by atoms with Gasteiger partial charge in [0, 0.05) is 26.6 Å². The summed E-state index contributed by atoms with van der Waals surface area (Å²) in [6, 6.07) is 5.55. The minimum atomic E-state index is -3.38. The topological polar surface area (TPSA) is 75.7 Å². The Morgan fingerprint density at radius 3 is 2.52 bits per heavy atom. The second-order valence-electron chi connectivity index (χ2n) is 5.55. The Morgan fingerprint density at radius 2 is 1.96 bits per heavy atom. The third-order valence-electron chi connectivity index (χ3n) is 3.57. The van der Waals surface area contributed by atoms with Crippen molar-refractivity contribution in [3.63, 3.8) is 0 Å². The maximum atomic E-state index is 12.0. The third-order valence-corrected chi connectivity index (χ3v) is 4.77. The fourth-order valence-corrected chi connectivity index (χ4v) is 3.09. The zero-order chi connectivity index (χ0) is 17.5. The Morgan fingerprint density at radius 1 is 1.26 bits per heavy atom. The van der Waals surface area contributed by atoms with Crippen LogP contribution in [0.15, 0.2) is 18.2 Å². The van der Waals surface area contributed by atoms with Gasteiger partial charge in [0.05, 0.1) is 18.6 Å². The maximum absolute atomic E-state index is 12.0. The van der Waals surface area contributed by atoms with Crippen molar-refractivity contribution in [1.29, 1.82) is 0 Å². The molecule has 1 N–H and O–H groups in total. The van der Waals surface area contributed by atoms with Crippen molar-refractivity contribution >= 4 is 21.6 Å². The molecule has 0 saturated heterocycles. The number of benzene rings is 1. The lowest BCUT2D eigenvalue weighted by molar-refractivity contribution is -0.121. The first-order chi connectivity index (χ1) is 10.8. The predicted molar refractivity (Wildman–Crippen MR) is 92.2 cm³/mol. The van der Waals surface area contributed by atoms with Gasteiger partial charge in [0.2, 0.25) is 15.9 Å². The van der Waals surface area contributed by atoms with Gasteiger partial charge >= 0.3 is 0 Å². The van der Waals surface area contributed by atoms with Gasteiger partial charge in [0.15, 0.2) is 0 Å². The van der Waals surface area contributed by atoms with Gasteiger partial charge in [-0.3, -0.25) is 9.10 Å². The number of carbonyl (C=O) groups is 1. The minimum Gasteiger partial charge on any atom is -0.383 e. The first-order valence-electron chi connectivity index (χ1n) is 7.56. The molecule has 0 heterocycles. The van der Waals surface area contributed by atoms with E-state index in [9.17, 15) is 13.2 Å². The van der Waals surface area contributed by atoms with Gasteiger partial charge in [-0.05, 0) is 43.5 Å². The Hall–Kier alpha value is -1.60. The first kappa shape index (κ1) is 19.4. The van der Waals surface area contributed by atoms with Crippen LogP contribution in [0.2, 0.25) is 0 Å². The van der Waals surface area contributed by atoms with Crippen LogP contribution < -0.4 is 9.62 Å². The normalized spacial score (nSPS) is 11.3. The van der Waals surface area contributed by atoms with E-state index in [1.54, 1.807) is 13.2 Å². The lowest BCUT2D eigenvalue weighted by Gasteiger charge is -2.23. The molecule has 0 aliphatic heterocycles. The van der Waals surface area contributed by atoms with E-state index in [1.807, 2.05) is 26.0 Å². The maximum Gasteiger partial charge on any atom is 0.232 e. The molecular weight excluding hydrogens is 316 g/mol. The predicted octanol–water partition coefficient (Wildman–Crippen LogP) is 1.61. The summed E-state index contributed by atoms with van der Waals surface area (Å²) in [6.45, 7) is 5.13. The average Bonchev–Trinajstić information content (AvgIpc) is 2.46. The smallest absolute Gasteiger partial charge is 0.232 e. The molecule has 0 aliphatic rings. The Bertz CT molecular complexity index is 629. The molecule has 0 bridgehead atoms. The van der Waals surface area contributed by atoms with Crippen LogP contribution in [0.3, 0.4) is 0 Å². The van der Waals surface area contributed by atoms with Crippen LogP contribution in [0.1, 0.15) is 24.0 Å². The highest BCUT2D eigenvalue weighted by Gasteiger charge is 2.18. The highest BCUT2D eigenvalue weighted by Crippen LogP contribution is 2.21. The second kappa shape index (κ2) is 8.88. The molecule has 0 fully saturated rings. The van der Waals surface area contributed by atoms with Crippen LogP contribution >= 0.6 is 0 Å². The molecule has 23 heavy (non-hydrogen) atoms. The van der Waals surface area contributed by atoms with Gasteiger partial charge in [-0.1, -0.05) is 6.07 Å². The lowest BCUT2D eigenvalue weighted by Crippen LogP contribution is -2.32. The molecule has 7 heteroatoms. The number of hydrogen-bond acceptors (Lipinski definition) is 4. The summed E-state index contributed by atoms with van der Waals surface area (Å²) in [5.74, 6) is -0.101. The summed E-state index contributed by atoms with van der Waals surface area (Å²) >= 11 is 0. The van der Waals surface area contributed by atoms with Crippen LogP contribution in [0.4, 0.5) is 5.69 Å². The zero-order valence-corrected chi connectivity index (χ0v) is 15.1. The highest BCUT2D eigenvalue weighted by atomic mass is 32.2. The summed E-state index contributed by atoms with van der Waals surface area (Å²) in [6.07, 6.45) is 1.92. The number of amides is 1. The molecule has 1 aromatic carbocycles. The van der Waals surface area contributed by atoms with Crippen molar-refractivity contribution < 1.29 is 17.9 Å². The Balaban J connectivity index is 2.67. The zero-order valence-electron chi connectivity index (χ0n) is 14.3. The quantitative estimate of drug-likeness (QED) is 0.692. The summed E-state index contributed by atoms with van der Waals surface area (Å²) in [4.78, 5) is 11.6. The van der Waals surface area contributed by atoms with Crippen molar-refractivity contribution in [3.05, 3.63) is 29.3 Å². The molecule has 0 radical (unpaired) electrons. The standard InChI is InChI=1S/C16H26N2O4S/c1-13-7-8-15(12-14(13)2)18(23(4,20)21)10-5-6-16(19)17-9-11-22-3/h7-8,12H,5-6,9-11H2,1-4H3,(H,17,19). The Labute approximate surface area is 138 Å². The summed E-state index contributed by atoms with van der Waals surface area (Å²) < 4.78 is 30.3. The van der Waals surface area contributed by atoms with Gasteiger partial charge in [-0.2, -0.15) is 0 Å². The Kier molecular flexibility index (Phi) is 7.51. The first-order valence-corrected chi connectivity index (χ1v) is 9.41. The van der Waals surface area contributed by atoms with E-state index in [1.165, 1.54) is 10.6 Å². The molecule has 1 amide bonds. The van der Waals surface area contributed by atoms with Crippen LogP contribution in [-0.2, 0) is 19.6 Å². The number of nitrogens with zero attached hydrogens (tertiary/aromatic N) is 1. The van der Waals surface area contributed by atoms with Crippen LogP contribution in [0.5, 0.6) is 0 Å². The lowest BCUT2D eigenvalue weighted by atomic mass is 10.1. The summed E-state index contributed by atoms with van der Waals surface area (Å²) in [5.41, 5.74) is 2.78. The number of anilines is 1. The van der Waals surface area contributed by atoms with E-state index in [4.69, 9.17) is 4.74 Å². The molecule has 0 unspecified atom stereocenters. The summed E-state index contributed by atoms with van der Waals surface area (Å²) in [5, 5.41) is 2.72. The van der Waals surface area contributed by atoms with Gasteiger partial charge in [0.1, 0.15) is 0 Å². The van der Waals surface area contributed by atoms with Crippen LogP contribution in [-0.4, -0.2) is 47.4 Å². The molecule has 0 spiro atoms. The van der Waals surface area contributed by atoms with Crippen molar-refractivity contribution in [2.45, 2.75) is 26.7 Å². The van der Waals surface area contributed by atoms with E-state index in [0.717, 1.165) is 11.1 Å². The van der Waals surface area contributed by atoms with Gasteiger partial charge in [-0.15, -0.1) is 0 Å². The SMILES string of the molecule is COCCNC(=O)CCCN(c1ccc(C)c(C)c1)S(C)(=O)=O. The van der Waals surface area contributed by atoms with E-state index in [2.05, 4.69) is 5.32 Å². The van der Waals surface area contributed by atoms with Crippen molar-refractivity contribution in [1.82, 2.24) is 5.32 Å². The number of hydrogen-bond donors (Lipinski definition) is 1. The summed E-state index contributed by atoms with van der Waals surface area (Å²) in [7, 11) is -1.82. The van der Waals surface area contributed by atoms with E-state index in [-0.39, 0.29) is 18.9 Å². The van der Waals surface area contributed by atoms with Crippen molar-refractivity contribution in [2.24, 2.45) is 0 Å². The fraction of sp³-hybridized carbons (Fsp3) is 0.562. The molecular formula is C16H26N2O4S. The number of rotatable bonds is 9. The molecule has 0 aliphatic carbocycles. The molecule has 0 atom stereocenters. The van der Waals surface area contributed by atoms with Gasteiger partial charge in [0.25, 0.3) is 0 Å². The van der Waals surface area contributed by atoms with Crippen molar-refractivity contribution in [3.8, 4) is 0 Å². The van der Waals surface area contributed by atoms with E-state index >= 15 is 0 Å². The number of carbonyl (C=O) groups excluding carboxylic acids is 1. The van der Waals surface area contributed by atoms with Crippen molar-refractivity contribution in [2.75, 3.05) is 37.4 Å². The van der Waals surface area contributed by atoms with Crippen LogP contribution in [0.25, 0.3) is 0 Å². The average molecular weight is 342 g/mol. The van der Waals surface area contributed by atoms with Crippen LogP contribution in [0, 0.1) is 13.8 Å². The second-order valence-corrected chi connectivity index (χ2v) is 7.46. The fourth-order valence-electron chi connectivity index (χ4n) is 2.13. The molecule has 0 saturated carbocycles. The van der Waals surface area contributed by atoms with E-state index < -0.39 is 10.0 Å². The number of ether oxygens (including phenoxy) is 1. The van der Waals surface area contributed by atoms with Gasteiger partial charge in [-0.25, -0.2) is 8.42 Å². The molecule has 130 valence electrons. The third kappa shape index (κ3) is 6.58. The van der Waals surface area contributed by atoms with Gasteiger partial charge < -0.3 is 10.1 Å². The number of aryl methyl sites for hydroxylation is 2. The highest BCUT2D eigenvalue weighted by molar-refractivity contribution is 7.92. The monoisotopic (exact) mass is 342 g/mol. The molecule has 1 rings (SSSR count). The number of nitrogens with one attached hydrogen (secondary N) is 1. The number of methoxy groups -OCH3 is 1. The van der Waals surface area contributed by atoms with E-state index in [0.29, 0.717) is 25.3 Å². The minimum absolute atomic E-state index is 0.101. The molecule has 1 aromatic rings. The number of sulfonamides is 1. The molecule has 6 nitrogen and oxygen atoms in total. The molecule has 0 aromatic heterocycles. The largest absolute Gasteiger partial charge is 0.383 e.